The molecule has 1 aliphatic heterocycles. The molecule has 0 aliphatic carbocycles. The number of carbonyl (C=O) groups excluding carboxylic acids is 1. The molecule has 1 atom stereocenters. The molecule has 1 amide bonds. The third kappa shape index (κ3) is 4.55. The number of ether oxygens (including phenoxy) is 2. The highest BCUT2D eigenvalue weighted by Gasteiger charge is 2.34. The molecule has 0 aromatic heterocycles. The highest BCUT2D eigenvalue weighted by molar-refractivity contribution is 5.86. The number of rotatable bonds is 7. The first-order valence-electron chi connectivity index (χ1n) is 8.51. The van der Waals surface area contributed by atoms with Gasteiger partial charge in [0.05, 0.1) is 13.0 Å². The van der Waals surface area contributed by atoms with Crippen LogP contribution in [0.15, 0.2) is 42.5 Å². The molecule has 1 N–H and O–H groups in total. The van der Waals surface area contributed by atoms with E-state index in [1.54, 1.807) is 24.3 Å². The van der Waals surface area contributed by atoms with E-state index in [9.17, 15) is 14.0 Å². The molecule has 2 aromatic rings. The Morgan fingerprint density at radius 1 is 1.19 bits per heavy atom. The van der Waals surface area contributed by atoms with Crippen molar-refractivity contribution in [1.82, 2.24) is 4.90 Å². The molecule has 1 heterocycles. The molecule has 0 radical (unpaired) electrons. The van der Waals surface area contributed by atoms with Crippen molar-refractivity contribution in [2.24, 2.45) is 5.92 Å². The van der Waals surface area contributed by atoms with E-state index in [1.165, 1.54) is 24.1 Å². The second-order valence-corrected chi connectivity index (χ2v) is 6.41. The average molecular weight is 373 g/mol. The number of carboxylic acid groups (broad SMARTS) is 1. The first kappa shape index (κ1) is 18.7. The smallest absolute Gasteiger partial charge is 0.308 e. The standard InChI is InChI=1S/C20H20FNO5/c1-26-18-8-14(10-22-11-15(20(24)25)9-19(22)23)4-7-17(18)27-12-13-2-5-16(21)6-3-13/h2-8,15H,9-12H2,1H3,(H,24,25). The maximum absolute atomic E-state index is 13.0. The molecule has 27 heavy (non-hydrogen) atoms. The molecule has 7 heteroatoms. The van der Waals surface area contributed by atoms with Crippen LogP contribution in [0.5, 0.6) is 11.5 Å². The third-order valence-electron chi connectivity index (χ3n) is 4.47. The van der Waals surface area contributed by atoms with Gasteiger partial charge in [0, 0.05) is 19.5 Å². The third-order valence-corrected chi connectivity index (χ3v) is 4.47. The lowest BCUT2D eigenvalue weighted by Crippen LogP contribution is -2.25. The molecule has 6 nitrogen and oxygen atoms in total. The molecule has 3 rings (SSSR count). The average Bonchev–Trinajstić information content (AvgIpc) is 3.02. The number of hydrogen-bond acceptors (Lipinski definition) is 4. The van der Waals surface area contributed by atoms with Crippen LogP contribution in [0.2, 0.25) is 0 Å². The van der Waals surface area contributed by atoms with Crippen LogP contribution in [0.3, 0.4) is 0 Å². The van der Waals surface area contributed by atoms with Crippen LogP contribution >= 0.6 is 0 Å². The van der Waals surface area contributed by atoms with Gasteiger partial charge in [0.2, 0.25) is 5.91 Å². The van der Waals surface area contributed by atoms with Crippen molar-refractivity contribution < 1.29 is 28.6 Å². The quantitative estimate of drug-likeness (QED) is 0.808. The van der Waals surface area contributed by atoms with Crippen LogP contribution < -0.4 is 9.47 Å². The number of methoxy groups -OCH3 is 1. The van der Waals surface area contributed by atoms with E-state index in [4.69, 9.17) is 14.6 Å². The number of benzene rings is 2. The fourth-order valence-electron chi connectivity index (χ4n) is 2.98. The van der Waals surface area contributed by atoms with Crippen molar-refractivity contribution in [3.63, 3.8) is 0 Å². The summed E-state index contributed by atoms with van der Waals surface area (Å²) < 4.78 is 24.1. The highest BCUT2D eigenvalue weighted by atomic mass is 19.1. The maximum atomic E-state index is 13.0. The zero-order chi connectivity index (χ0) is 19.4. The van der Waals surface area contributed by atoms with Gasteiger partial charge in [-0.3, -0.25) is 9.59 Å². The van der Waals surface area contributed by atoms with Crippen LogP contribution in [0.4, 0.5) is 4.39 Å². The van der Waals surface area contributed by atoms with Crippen LogP contribution in [-0.4, -0.2) is 35.5 Å². The van der Waals surface area contributed by atoms with Gasteiger partial charge in [-0.05, 0) is 35.4 Å². The summed E-state index contributed by atoms with van der Waals surface area (Å²) in [6, 6.07) is 11.4. The summed E-state index contributed by atoms with van der Waals surface area (Å²) in [7, 11) is 1.52. The van der Waals surface area contributed by atoms with Crippen LogP contribution in [0.1, 0.15) is 17.5 Å². The van der Waals surface area contributed by atoms with E-state index in [-0.39, 0.29) is 31.3 Å². The Balaban J connectivity index is 1.66. The summed E-state index contributed by atoms with van der Waals surface area (Å²) in [4.78, 5) is 24.6. The SMILES string of the molecule is COc1cc(CN2CC(C(=O)O)CC2=O)ccc1OCc1ccc(F)cc1. The number of aliphatic carboxylic acids is 1. The summed E-state index contributed by atoms with van der Waals surface area (Å²) in [5.41, 5.74) is 1.64. The largest absolute Gasteiger partial charge is 0.493 e. The summed E-state index contributed by atoms with van der Waals surface area (Å²) in [6.45, 7) is 0.789. The summed E-state index contributed by atoms with van der Waals surface area (Å²) >= 11 is 0. The summed E-state index contributed by atoms with van der Waals surface area (Å²) in [5.74, 6) is -1.04. The number of nitrogens with zero attached hydrogens (tertiary/aromatic N) is 1. The zero-order valence-electron chi connectivity index (χ0n) is 14.9. The van der Waals surface area contributed by atoms with E-state index in [1.807, 2.05) is 6.07 Å². The van der Waals surface area contributed by atoms with Crippen molar-refractivity contribution in [2.45, 2.75) is 19.6 Å². The Bertz CT molecular complexity index is 837. The fraction of sp³-hybridized carbons (Fsp3) is 0.300. The highest BCUT2D eigenvalue weighted by Crippen LogP contribution is 2.30. The van der Waals surface area contributed by atoms with Gasteiger partial charge in [-0.2, -0.15) is 0 Å². The van der Waals surface area contributed by atoms with Gasteiger partial charge in [-0.15, -0.1) is 0 Å². The second kappa shape index (κ2) is 8.07. The lowest BCUT2D eigenvalue weighted by Gasteiger charge is -2.18. The Morgan fingerprint density at radius 3 is 2.52 bits per heavy atom. The van der Waals surface area contributed by atoms with Crippen LogP contribution in [-0.2, 0) is 22.7 Å². The van der Waals surface area contributed by atoms with Crippen molar-refractivity contribution in [3.8, 4) is 11.5 Å². The topological polar surface area (TPSA) is 76.1 Å². The van der Waals surface area contributed by atoms with E-state index in [0.717, 1.165) is 11.1 Å². The van der Waals surface area contributed by atoms with Crippen molar-refractivity contribution >= 4 is 11.9 Å². The van der Waals surface area contributed by atoms with Crippen molar-refractivity contribution in [3.05, 3.63) is 59.4 Å². The minimum atomic E-state index is -0.951. The fourth-order valence-corrected chi connectivity index (χ4v) is 2.98. The molecule has 0 bridgehead atoms. The molecule has 0 saturated carbocycles. The predicted molar refractivity (Wildman–Crippen MR) is 94.9 cm³/mol. The van der Waals surface area contributed by atoms with Gasteiger partial charge in [0.25, 0.3) is 0 Å². The number of carbonyl (C=O) groups is 2. The van der Waals surface area contributed by atoms with Crippen molar-refractivity contribution in [2.75, 3.05) is 13.7 Å². The second-order valence-electron chi connectivity index (χ2n) is 6.41. The van der Waals surface area contributed by atoms with Gasteiger partial charge < -0.3 is 19.5 Å². The lowest BCUT2D eigenvalue weighted by atomic mass is 10.1. The molecule has 142 valence electrons. The van der Waals surface area contributed by atoms with E-state index < -0.39 is 11.9 Å². The number of amides is 1. The molecule has 2 aromatic carbocycles. The first-order chi connectivity index (χ1) is 13.0. The molecule has 0 spiro atoms. The molecule has 1 unspecified atom stereocenters. The first-order valence-corrected chi connectivity index (χ1v) is 8.51. The molecule has 1 saturated heterocycles. The van der Waals surface area contributed by atoms with Gasteiger partial charge in [0.1, 0.15) is 12.4 Å². The van der Waals surface area contributed by atoms with Gasteiger partial charge in [-0.25, -0.2) is 4.39 Å². The predicted octanol–water partition coefficient (Wildman–Crippen LogP) is 2.85. The van der Waals surface area contributed by atoms with E-state index in [0.29, 0.717) is 18.0 Å². The minimum Gasteiger partial charge on any atom is -0.493 e. The van der Waals surface area contributed by atoms with Crippen LogP contribution in [0, 0.1) is 11.7 Å². The number of hydrogen-bond donors (Lipinski definition) is 1. The summed E-state index contributed by atoms with van der Waals surface area (Å²) in [5, 5.41) is 9.07. The summed E-state index contributed by atoms with van der Waals surface area (Å²) in [6.07, 6.45) is 0.0331. The normalized spacial score (nSPS) is 16.4. The van der Waals surface area contributed by atoms with Gasteiger partial charge in [0.15, 0.2) is 11.5 Å². The monoisotopic (exact) mass is 373 g/mol. The Hall–Kier alpha value is -3.09. The van der Waals surface area contributed by atoms with Gasteiger partial charge >= 0.3 is 5.97 Å². The molecule has 1 aliphatic rings. The van der Waals surface area contributed by atoms with Crippen molar-refractivity contribution in [1.29, 1.82) is 0 Å². The Kier molecular flexibility index (Phi) is 5.59. The Labute approximate surface area is 156 Å². The van der Waals surface area contributed by atoms with E-state index >= 15 is 0 Å². The maximum Gasteiger partial charge on any atom is 0.308 e. The van der Waals surface area contributed by atoms with E-state index in [2.05, 4.69) is 0 Å². The molecular formula is C20H20FNO5. The van der Waals surface area contributed by atoms with Crippen LogP contribution in [0.25, 0.3) is 0 Å². The molecular weight excluding hydrogens is 353 g/mol. The number of halogens is 1. The lowest BCUT2D eigenvalue weighted by molar-refractivity contribution is -0.141. The minimum absolute atomic E-state index is 0.0331. The number of carboxylic acids is 1. The zero-order valence-corrected chi connectivity index (χ0v) is 14.9. The van der Waals surface area contributed by atoms with Gasteiger partial charge in [-0.1, -0.05) is 18.2 Å². The Morgan fingerprint density at radius 2 is 1.89 bits per heavy atom. The number of likely N-dealkylation sites (tertiary alicyclic amines) is 1. The molecule has 1 fully saturated rings.